The van der Waals surface area contributed by atoms with Gasteiger partial charge in [0.05, 0.1) is 23.7 Å². The topological polar surface area (TPSA) is 146 Å². The van der Waals surface area contributed by atoms with E-state index in [1.165, 1.54) is 6.07 Å². The number of nitrogens with one attached hydrogen (secondary N) is 3. The molecule has 0 spiro atoms. The molecule has 2 aromatic heterocycles. The number of aliphatic hydroxyl groups is 1. The Hall–Kier alpha value is -4.82. The molecule has 3 amide bonds. The largest absolute Gasteiger partial charge is 0.392 e. The number of nitrogens with zero attached hydrogens (tertiary/aromatic N) is 6. The van der Waals surface area contributed by atoms with Crippen LogP contribution in [0.25, 0.3) is 0 Å². The molecule has 0 saturated carbocycles. The number of hydrogen-bond acceptors (Lipinski definition) is 10. The molecule has 0 bridgehead atoms. The predicted molar refractivity (Wildman–Crippen MR) is 189 cm³/mol. The molecule has 0 radical (unpaired) electrons. The SMILES string of the molecule is CC(C)NC(=O)c1ccc(N2CCN(Cc3cnc4c(c3)NC(=O)[C@@H]3CCCN43)CC2)c(F)c1.O=C1Nc2cc(CO)cnc2N2CCC[C@@H]12. The van der Waals surface area contributed by atoms with E-state index in [1.54, 1.807) is 24.4 Å². The Morgan fingerprint density at radius 3 is 2.02 bits per heavy atom. The quantitative estimate of drug-likeness (QED) is 0.306. The van der Waals surface area contributed by atoms with E-state index >= 15 is 0 Å². The van der Waals surface area contributed by atoms with Crippen molar-refractivity contribution >= 4 is 46.4 Å². The van der Waals surface area contributed by atoms with E-state index in [-0.39, 0.29) is 48.3 Å². The fourth-order valence-electron chi connectivity index (χ4n) is 7.49. The molecule has 14 heteroatoms. The predicted octanol–water partition coefficient (Wildman–Crippen LogP) is 3.10. The zero-order valence-electron chi connectivity index (χ0n) is 28.5. The van der Waals surface area contributed by atoms with Crippen molar-refractivity contribution in [3.8, 4) is 0 Å². The standard InChI is InChI=1S/C25H31FN6O2.C11H13N3O2/c1-16(2)28-24(33)18-5-6-21(19(26)13-18)31-10-8-30(9-11-31)15-17-12-20-23(27-14-17)32-7-3-4-22(32)25(34)29-20;15-6-7-4-8-10(12-5-7)14-3-1-2-9(14)11(16)13-8/h5-6,12-14,16,22H,3-4,7-11,15H2,1-2H3,(H,28,33)(H,29,34);4-5,9,15H,1-3,6H2,(H,13,16)/t22-;9-/m00/s1. The zero-order valence-corrected chi connectivity index (χ0v) is 28.5. The van der Waals surface area contributed by atoms with Gasteiger partial charge in [-0.05, 0) is 81.0 Å². The lowest BCUT2D eigenvalue weighted by atomic mass is 10.1. The van der Waals surface area contributed by atoms with Gasteiger partial charge in [-0.3, -0.25) is 19.3 Å². The third-order valence-corrected chi connectivity index (χ3v) is 9.95. The molecule has 3 fully saturated rings. The molecule has 3 aromatic rings. The van der Waals surface area contributed by atoms with Crippen molar-refractivity contribution in [2.45, 2.75) is 70.8 Å². The summed E-state index contributed by atoms with van der Waals surface area (Å²) in [5, 5.41) is 17.7. The van der Waals surface area contributed by atoms with E-state index in [9.17, 15) is 18.8 Å². The van der Waals surface area contributed by atoms with Crippen LogP contribution in [0.3, 0.4) is 0 Å². The maximum absolute atomic E-state index is 14.8. The van der Waals surface area contributed by atoms with E-state index in [1.807, 2.05) is 31.0 Å². The summed E-state index contributed by atoms with van der Waals surface area (Å²) in [7, 11) is 0. The van der Waals surface area contributed by atoms with Gasteiger partial charge >= 0.3 is 0 Å². The lowest BCUT2D eigenvalue weighted by molar-refractivity contribution is -0.118. The van der Waals surface area contributed by atoms with Crippen LogP contribution in [0.2, 0.25) is 0 Å². The summed E-state index contributed by atoms with van der Waals surface area (Å²) in [6.07, 6.45) is 7.38. The Balaban J connectivity index is 0.000000203. The van der Waals surface area contributed by atoms with Crippen LogP contribution in [0.1, 0.15) is 61.0 Å². The molecule has 264 valence electrons. The number of amides is 3. The first-order valence-corrected chi connectivity index (χ1v) is 17.5. The van der Waals surface area contributed by atoms with Gasteiger partial charge < -0.3 is 35.8 Å². The van der Waals surface area contributed by atoms with Crippen LogP contribution < -0.4 is 30.7 Å². The van der Waals surface area contributed by atoms with Gasteiger partial charge in [-0.25, -0.2) is 14.4 Å². The van der Waals surface area contributed by atoms with Crippen molar-refractivity contribution in [1.29, 1.82) is 0 Å². The summed E-state index contributed by atoms with van der Waals surface area (Å²) >= 11 is 0. The van der Waals surface area contributed by atoms with Crippen LogP contribution in [0, 0.1) is 5.82 Å². The Morgan fingerprint density at radius 2 is 1.46 bits per heavy atom. The third kappa shape index (κ3) is 6.81. The minimum absolute atomic E-state index is 0.00188. The third-order valence-electron chi connectivity index (χ3n) is 9.95. The van der Waals surface area contributed by atoms with Crippen molar-refractivity contribution in [2.24, 2.45) is 0 Å². The second kappa shape index (κ2) is 14.2. The molecule has 50 heavy (non-hydrogen) atoms. The molecule has 7 heterocycles. The number of pyridine rings is 2. The lowest BCUT2D eigenvalue weighted by Gasteiger charge is -2.36. The highest BCUT2D eigenvalue weighted by molar-refractivity contribution is 6.04. The van der Waals surface area contributed by atoms with Gasteiger partial charge in [0.15, 0.2) is 11.6 Å². The van der Waals surface area contributed by atoms with E-state index < -0.39 is 0 Å². The van der Waals surface area contributed by atoms with E-state index in [0.717, 1.165) is 92.5 Å². The molecule has 13 nitrogen and oxygen atoms in total. The van der Waals surface area contributed by atoms with Gasteiger partial charge in [-0.15, -0.1) is 0 Å². The summed E-state index contributed by atoms with van der Waals surface area (Å²) in [6, 6.07) is 8.37. The van der Waals surface area contributed by atoms with Gasteiger partial charge in [0.1, 0.15) is 17.9 Å². The van der Waals surface area contributed by atoms with Crippen LogP contribution in [0.5, 0.6) is 0 Å². The Labute approximate surface area is 290 Å². The number of halogens is 1. The van der Waals surface area contributed by atoms with E-state index in [0.29, 0.717) is 24.3 Å². The molecular formula is C36H44FN9O4. The Morgan fingerprint density at radius 1 is 0.880 bits per heavy atom. The molecule has 5 aliphatic heterocycles. The fraction of sp³-hybridized carbons (Fsp3) is 0.472. The smallest absolute Gasteiger partial charge is 0.251 e. The summed E-state index contributed by atoms with van der Waals surface area (Å²) in [5.74, 6) is 1.17. The molecule has 2 atom stereocenters. The van der Waals surface area contributed by atoms with Gasteiger partial charge in [-0.2, -0.15) is 0 Å². The number of rotatable bonds is 6. The average Bonchev–Trinajstić information content (AvgIpc) is 3.81. The molecular weight excluding hydrogens is 641 g/mol. The number of fused-ring (bicyclic) bond motifs is 6. The first-order chi connectivity index (χ1) is 24.2. The van der Waals surface area contributed by atoms with Gasteiger partial charge in [0, 0.05) is 69.8 Å². The van der Waals surface area contributed by atoms with Crippen molar-refractivity contribution in [1.82, 2.24) is 20.2 Å². The van der Waals surface area contributed by atoms with Crippen molar-refractivity contribution in [3.63, 3.8) is 0 Å². The number of aliphatic hydroxyl groups excluding tert-OH is 1. The average molecular weight is 686 g/mol. The van der Waals surface area contributed by atoms with Crippen LogP contribution in [0.4, 0.5) is 33.1 Å². The Bertz CT molecular complexity index is 1780. The number of piperazine rings is 1. The molecule has 8 rings (SSSR count). The van der Waals surface area contributed by atoms with Crippen LogP contribution in [0.15, 0.2) is 42.7 Å². The molecule has 5 aliphatic rings. The first kappa shape index (κ1) is 33.7. The highest BCUT2D eigenvalue weighted by atomic mass is 19.1. The highest BCUT2D eigenvalue weighted by Crippen LogP contribution is 2.36. The molecule has 1 aromatic carbocycles. The zero-order chi connectivity index (χ0) is 34.9. The van der Waals surface area contributed by atoms with Crippen molar-refractivity contribution in [2.75, 3.05) is 64.6 Å². The number of anilines is 5. The van der Waals surface area contributed by atoms with Crippen LogP contribution >= 0.6 is 0 Å². The number of hydrogen-bond donors (Lipinski definition) is 4. The monoisotopic (exact) mass is 685 g/mol. The first-order valence-electron chi connectivity index (χ1n) is 17.5. The summed E-state index contributed by atoms with van der Waals surface area (Å²) in [4.78, 5) is 53.8. The maximum atomic E-state index is 14.8. The van der Waals surface area contributed by atoms with Gasteiger partial charge in [0.25, 0.3) is 5.91 Å². The summed E-state index contributed by atoms with van der Waals surface area (Å²) < 4.78 is 14.8. The lowest BCUT2D eigenvalue weighted by Crippen LogP contribution is -2.46. The van der Waals surface area contributed by atoms with Crippen LogP contribution in [-0.4, -0.2) is 95.1 Å². The van der Waals surface area contributed by atoms with Gasteiger partial charge in [0.2, 0.25) is 11.8 Å². The number of benzene rings is 1. The van der Waals surface area contributed by atoms with Crippen molar-refractivity contribution in [3.05, 3.63) is 65.2 Å². The second-order valence-corrected chi connectivity index (χ2v) is 13.8. The number of carbonyl (C=O) groups is 3. The maximum Gasteiger partial charge on any atom is 0.251 e. The van der Waals surface area contributed by atoms with Gasteiger partial charge in [-0.1, -0.05) is 0 Å². The molecule has 0 aliphatic carbocycles. The van der Waals surface area contributed by atoms with Crippen molar-refractivity contribution < 1.29 is 23.9 Å². The number of carbonyl (C=O) groups excluding carboxylic acids is 3. The summed E-state index contributed by atoms with van der Waals surface area (Å²) in [6.45, 7) is 9.14. The number of aromatic nitrogens is 2. The van der Waals surface area contributed by atoms with E-state index in [2.05, 4.69) is 40.6 Å². The fourth-order valence-corrected chi connectivity index (χ4v) is 7.49. The minimum atomic E-state index is -0.375. The molecule has 0 unspecified atom stereocenters. The Kier molecular flexibility index (Phi) is 9.56. The second-order valence-electron chi connectivity index (χ2n) is 13.8. The highest BCUT2D eigenvalue weighted by Gasteiger charge is 2.38. The normalized spacial score (nSPS) is 21.0. The molecule has 3 saturated heterocycles. The summed E-state index contributed by atoms with van der Waals surface area (Å²) in [5.41, 5.74) is 4.14. The van der Waals surface area contributed by atoms with E-state index in [4.69, 9.17) is 5.11 Å². The van der Waals surface area contributed by atoms with Crippen LogP contribution in [-0.2, 0) is 22.7 Å². The minimum Gasteiger partial charge on any atom is -0.392 e. The molecule has 4 N–H and O–H groups in total.